The number of hydrogen-bond donors (Lipinski definition) is 4. The minimum absolute atomic E-state index is 0.0506. The summed E-state index contributed by atoms with van der Waals surface area (Å²) in [6.45, 7) is 3.93. The second kappa shape index (κ2) is 5.67. The molecule has 0 spiro atoms. The van der Waals surface area contributed by atoms with E-state index in [9.17, 15) is 9.59 Å². The summed E-state index contributed by atoms with van der Waals surface area (Å²) in [6.07, 6.45) is 0.232. The maximum atomic E-state index is 10.8. The van der Waals surface area contributed by atoms with Gasteiger partial charge in [-0.1, -0.05) is 0 Å². The minimum Gasteiger partial charge on any atom is -0.480 e. The van der Waals surface area contributed by atoms with Gasteiger partial charge in [-0.25, -0.2) is 0 Å². The number of aliphatic carboxylic acids is 1. The SMILES string of the molecule is CC(C)(N)CN[C@@H](CCC(N)=O)C(=O)O. The van der Waals surface area contributed by atoms with Crippen molar-refractivity contribution in [2.45, 2.75) is 38.3 Å². The van der Waals surface area contributed by atoms with Crippen LogP contribution in [0.1, 0.15) is 26.7 Å². The van der Waals surface area contributed by atoms with Crippen LogP contribution in [-0.4, -0.2) is 35.1 Å². The van der Waals surface area contributed by atoms with Crippen LogP contribution in [0.2, 0.25) is 0 Å². The summed E-state index contributed by atoms with van der Waals surface area (Å²) in [5, 5.41) is 11.6. The third-order valence-corrected chi connectivity index (χ3v) is 1.78. The number of primary amides is 1. The largest absolute Gasteiger partial charge is 0.480 e. The topological polar surface area (TPSA) is 118 Å². The molecule has 0 heterocycles. The average molecular weight is 217 g/mol. The molecule has 0 aliphatic rings. The molecule has 0 unspecified atom stereocenters. The Hall–Kier alpha value is -1.14. The van der Waals surface area contributed by atoms with Crippen molar-refractivity contribution in [2.75, 3.05) is 6.54 Å². The van der Waals surface area contributed by atoms with Crippen molar-refractivity contribution in [1.82, 2.24) is 5.32 Å². The Morgan fingerprint density at radius 1 is 1.47 bits per heavy atom. The van der Waals surface area contributed by atoms with Crippen LogP contribution in [0.15, 0.2) is 0 Å². The lowest BCUT2D eigenvalue weighted by Gasteiger charge is -2.22. The number of carbonyl (C=O) groups excluding carboxylic acids is 1. The molecule has 6 nitrogen and oxygen atoms in total. The highest BCUT2D eigenvalue weighted by Gasteiger charge is 2.20. The first-order valence-corrected chi connectivity index (χ1v) is 4.76. The molecule has 88 valence electrons. The number of nitrogens with two attached hydrogens (primary N) is 2. The number of nitrogens with one attached hydrogen (secondary N) is 1. The molecule has 6 heteroatoms. The fourth-order valence-electron chi connectivity index (χ4n) is 0.986. The molecule has 0 radical (unpaired) electrons. The van der Waals surface area contributed by atoms with Crippen LogP contribution in [0, 0.1) is 0 Å². The molecular weight excluding hydrogens is 198 g/mol. The standard InChI is InChI=1S/C9H19N3O3/c1-9(2,11)5-12-6(8(14)15)3-4-7(10)13/h6,12H,3-5,11H2,1-2H3,(H2,10,13)(H,14,15)/t6-/m0/s1. The zero-order valence-electron chi connectivity index (χ0n) is 9.12. The van der Waals surface area contributed by atoms with Gasteiger partial charge in [0.25, 0.3) is 0 Å². The van der Waals surface area contributed by atoms with E-state index in [0.717, 1.165) is 0 Å². The van der Waals surface area contributed by atoms with Crippen LogP contribution < -0.4 is 16.8 Å². The first-order valence-electron chi connectivity index (χ1n) is 4.76. The van der Waals surface area contributed by atoms with Crippen molar-refractivity contribution in [2.24, 2.45) is 11.5 Å². The van der Waals surface area contributed by atoms with Crippen LogP contribution in [0.3, 0.4) is 0 Å². The van der Waals surface area contributed by atoms with Crippen LogP contribution in [-0.2, 0) is 9.59 Å². The normalized spacial score (nSPS) is 13.5. The monoisotopic (exact) mass is 217 g/mol. The molecular formula is C9H19N3O3. The van der Waals surface area contributed by atoms with E-state index in [1.165, 1.54) is 0 Å². The van der Waals surface area contributed by atoms with Crippen molar-refractivity contribution in [3.05, 3.63) is 0 Å². The Bertz CT molecular complexity index is 235. The summed E-state index contributed by atoms with van der Waals surface area (Å²) >= 11 is 0. The van der Waals surface area contributed by atoms with Gasteiger partial charge in [0.15, 0.2) is 0 Å². The Labute approximate surface area is 89.0 Å². The number of carboxylic acids is 1. The number of carboxylic acid groups (broad SMARTS) is 1. The summed E-state index contributed by atoms with van der Waals surface area (Å²) in [6, 6.07) is -0.777. The molecule has 0 fully saturated rings. The molecule has 0 rings (SSSR count). The lowest BCUT2D eigenvalue weighted by atomic mass is 10.1. The molecule has 6 N–H and O–H groups in total. The Morgan fingerprint density at radius 2 is 2.00 bits per heavy atom. The number of hydrogen-bond acceptors (Lipinski definition) is 4. The highest BCUT2D eigenvalue weighted by atomic mass is 16.4. The fourth-order valence-corrected chi connectivity index (χ4v) is 0.986. The first kappa shape index (κ1) is 13.9. The maximum absolute atomic E-state index is 10.8. The van der Waals surface area contributed by atoms with Crippen LogP contribution in [0.4, 0.5) is 0 Å². The van der Waals surface area contributed by atoms with Gasteiger partial charge in [-0.05, 0) is 20.3 Å². The predicted molar refractivity (Wildman–Crippen MR) is 56.1 cm³/mol. The van der Waals surface area contributed by atoms with Gasteiger partial charge < -0.3 is 21.9 Å². The number of amides is 1. The van der Waals surface area contributed by atoms with E-state index in [0.29, 0.717) is 6.54 Å². The summed E-state index contributed by atoms with van der Waals surface area (Å²) in [5.74, 6) is -1.50. The highest BCUT2D eigenvalue weighted by molar-refractivity contribution is 5.77. The van der Waals surface area contributed by atoms with Gasteiger partial charge in [-0.2, -0.15) is 0 Å². The van der Waals surface area contributed by atoms with E-state index in [1.54, 1.807) is 13.8 Å². The zero-order valence-corrected chi connectivity index (χ0v) is 9.12. The highest BCUT2D eigenvalue weighted by Crippen LogP contribution is 2.00. The lowest BCUT2D eigenvalue weighted by molar-refractivity contribution is -0.139. The van der Waals surface area contributed by atoms with Gasteiger partial charge in [-0.3, -0.25) is 9.59 Å². The smallest absolute Gasteiger partial charge is 0.320 e. The lowest BCUT2D eigenvalue weighted by Crippen LogP contribution is -2.49. The quantitative estimate of drug-likeness (QED) is 0.437. The molecule has 0 aliphatic carbocycles. The Kier molecular flexibility index (Phi) is 5.24. The molecule has 1 amide bonds. The van der Waals surface area contributed by atoms with Crippen molar-refractivity contribution >= 4 is 11.9 Å². The van der Waals surface area contributed by atoms with E-state index in [4.69, 9.17) is 16.6 Å². The van der Waals surface area contributed by atoms with Crippen molar-refractivity contribution in [3.8, 4) is 0 Å². The van der Waals surface area contributed by atoms with Gasteiger partial charge in [0.1, 0.15) is 6.04 Å². The van der Waals surface area contributed by atoms with E-state index in [1.807, 2.05) is 0 Å². The van der Waals surface area contributed by atoms with Gasteiger partial charge >= 0.3 is 5.97 Å². The van der Waals surface area contributed by atoms with E-state index >= 15 is 0 Å². The average Bonchev–Trinajstić information content (AvgIpc) is 2.00. The molecule has 1 atom stereocenters. The van der Waals surface area contributed by atoms with Crippen LogP contribution in [0.5, 0.6) is 0 Å². The molecule has 15 heavy (non-hydrogen) atoms. The van der Waals surface area contributed by atoms with Crippen molar-refractivity contribution in [3.63, 3.8) is 0 Å². The summed E-state index contributed by atoms with van der Waals surface area (Å²) < 4.78 is 0. The van der Waals surface area contributed by atoms with Gasteiger partial charge in [-0.15, -0.1) is 0 Å². The molecule has 0 saturated carbocycles. The number of rotatable bonds is 7. The molecule has 0 saturated heterocycles. The third-order valence-electron chi connectivity index (χ3n) is 1.78. The molecule has 0 bridgehead atoms. The molecule has 0 aliphatic heterocycles. The summed E-state index contributed by atoms with van der Waals surface area (Å²) in [4.78, 5) is 21.3. The molecule has 0 aromatic rings. The zero-order chi connectivity index (χ0) is 12.1. The molecule has 0 aromatic heterocycles. The molecule has 0 aromatic carbocycles. The third kappa shape index (κ3) is 7.90. The van der Waals surface area contributed by atoms with E-state index in [2.05, 4.69) is 5.32 Å². The van der Waals surface area contributed by atoms with Crippen LogP contribution in [0.25, 0.3) is 0 Å². The maximum Gasteiger partial charge on any atom is 0.320 e. The van der Waals surface area contributed by atoms with Crippen molar-refractivity contribution < 1.29 is 14.7 Å². The van der Waals surface area contributed by atoms with Gasteiger partial charge in [0.2, 0.25) is 5.91 Å². The second-order valence-corrected chi connectivity index (χ2v) is 4.27. The summed E-state index contributed by atoms with van der Waals surface area (Å²) in [7, 11) is 0. The summed E-state index contributed by atoms with van der Waals surface area (Å²) in [5.41, 5.74) is 10.1. The van der Waals surface area contributed by atoms with Crippen molar-refractivity contribution in [1.29, 1.82) is 0 Å². The Morgan fingerprint density at radius 3 is 2.33 bits per heavy atom. The van der Waals surface area contributed by atoms with Gasteiger partial charge in [0.05, 0.1) is 0 Å². The number of carbonyl (C=O) groups is 2. The fraction of sp³-hybridized carbons (Fsp3) is 0.778. The second-order valence-electron chi connectivity index (χ2n) is 4.27. The predicted octanol–water partition coefficient (Wildman–Crippen LogP) is -0.968. The van der Waals surface area contributed by atoms with E-state index < -0.39 is 23.5 Å². The minimum atomic E-state index is -1.000. The van der Waals surface area contributed by atoms with E-state index in [-0.39, 0.29) is 12.8 Å². The van der Waals surface area contributed by atoms with Crippen LogP contribution >= 0.6 is 0 Å². The first-order chi connectivity index (χ1) is 6.72. The Balaban J connectivity index is 4.06. The van der Waals surface area contributed by atoms with Gasteiger partial charge in [0, 0.05) is 18.5 Å².